The minimum atomic E-state index is -0.567. The van der Waals surface area contributed by atoms with Gasteiger partial charge >= 0.3 is 6.09 Å². The first-order chi connectivity index (χ1) is 12.5. The number of aromatic nitrogens is 2. The molecule has 0 unspecified atom stereocenters. The highest BCUT2D eigenvalue weighted by molar-refractivity contribution is 5.95. The SMILES string of the molecule is CN1C[C@]2(CCN(C(=O)c3ccc(-c4cnc(N)nc4)cc3)C2)OC1=O. The Labute approximate surface area is 150 Å². The maximum atomic E-state index is 12.8. The van der Waals surface area contributed by atoms with E-state index in [1.54, 1.807) is 41.4 Å². The first-order valence-electron chi connectivity index (χ1n) is 8.37. The molecule has 4 rings (SSSR count). The van der Waals surface area contributed by atoms with Crippen molar-refractivity contribution >= 4 is 17.9 Å². The molecule has 2 fully saturated rings. The first kappa shape index (κ1) is 16.3. The molecule has 3 heterocycles. The number of nitrogens with zero attached hydrogens (tertiary/aromatic N) is 4. The minimum absolute atomic E-state index is 0.0624. The second kappa shape index (κ2) is 5.98. The summed E-state index contributed by atoms with van der Waals surface area (Å²) in [4.78, 5) is 35.7. The maximum absolute atomic E-state index is 12.8. The number of likely N-dealkylation sites (N-methyl/N-ethyl adjacent to an activating group) is 1. The number of carbonyl (C=O) groups excluding carboxylic acids is 2. The predicted octanol–water partition coefficient (Wildman–Crippen LogP) is 1.39. The standard InChI is InChI=1S/C18H19N5O3/c1-22-10-18(26-17(22)25)6-7-23(11-18)15(24)13-4-2-12(3-5-13)14-8-20-16(19)21-9-14/h2-5,8-9H,6-7,10-11H2,1H3,(H2,19,20,21)/t18-/m0/s1. The van der Waals surface area contributed by atoms with E-state index in [4.69, 9.17) is 10.5 Å². The Balaban J connectivity index is 1.47. The Hall–Kier alpha value is -3.16. The third-order valence-electron chi connectivity index (χ3n) is 4.88. The molecule has 0 radical (unpaired) electrons. The van der Waals surface area contributed by atoms with Crippen LogP contribution in [0, 0.1) is 0 Å². The number of hydrogen-bond donors (Lipinski definition) is 1. The summed E-state index contributed by atoms with van der Waals surface area (Å²) in [6.45, 7) is 1.52. The lowest BCUT2D eigenvalue weighted by atomic mass is 10.0. The second-order valence-electron chi connectivity index (χ2n) is 6.79. The molecule has 2 saturated heterocycles. The van der Waals surface area contributed by atoms with Gasteiger partial charge in [-0.3, -0.25) is 4.79 Å². The number of anilines is 1. The van der Waals surface area contributed by atoms with Gasteiger partial charge < -0.3 is 20.3 Å². The summed E-state index contributed by atoms with van der Waals surface area (Å²) in [5.41, 5.74) is 7.27. The molecule has 1 aromatic heterocycles. The average molecular weight is 353 g/mol. The number of nitrogens with two attached hydrogens (primary N) is 1. The van der Waals surface area contributed by atoms with Gasteiger partial charge in [0, 0.05) is 43.5 Å². The van der Waals surface area contributed by atoms with E-state index >= 15 is 0 Å². The highest BCUT2D eigenvalue weighted by Gasteiger charge is 2.49. The van der Waals surface area contributed by atoms with E-state index in [9.17, 15) is 9.59 Å². The van der Waals surface area contributed by atoms with Gasteiger partial charge in [-0.25, -0.2) is 14.8 Å². The highest BCUT2D eigenvalue weighted by atomic mass is 16.6. The normalized spacial score (nSPS) is 22.1. The Kier molecular flexibility index (Phi) is 3.75. The van der Waals surface area contributed by atoms with Gasteiger partial charge in [-0.1, -0.05) is 12.1 Å². The Bertz CT molecular complexity index is 852. The summed E-state index contributed by atoms with van der Waals surface area (Å²) in [5.74, 6) is 0.161. The van der Waals surface area contributed by atoms with Gasteiger partial charge in [-0.05, 0) is 17.7 Å². The number of benzene rings is 1. The first-order valence-corrected chi connectivity index (χ1v) is 8.37. The van der Waals surface area contributed by atoms with E-state index in [1.165, 1.54) is 0 Å². The molecule has 1 atom stereocenters. The predicted molar refractivity (Wildman–Crippen MR) is 94.2 cm³/mol. The number of likely N-dealkylation sites (tertiary alicyclic amines) is 1. The summed E-state index contributed by atoms with van der Waals surface area (Å²) in [6, 6.07) is 7.28. The van der Waals surface area contributed by atoms with Crippen molar-refractivity contribution in [1.29, 1.82) is 0 Å². The zero-order valence-corrected chi connectivity index (χ0v) is 14.4. The number of rotatable bonds is 2. The van der Waals surface area contributed by atoms with Gasteiger partial charge in [-0.15, -0.1) is 0 Å². The summed E-state index contributed by atoms with van der Waals surface area (Å²) in [6.07, 6.45) is 3.63. The topological polar surface area (TPSA) is 102 Å². The van der Waals surface area contributed by atoms with Crippen molar-refractivity contribution in [3.63, 3.8) is 0 Å². The average Bonchev–Trinajstić information content (AvgIpc) is 3.17. The largest absolute Gasteiger partial charge is 0.439 e. The number of ether oxygens (including phenoxy) is 1. The number of amides is 2. The van der Waals surface area contributed by atoms with E-state index in [2.05, 4.69) is 9.97 Å². The summed E-state index contributed by atoms with van der Waals surface area (Å²) in [5, 5.41) is 0. The molecule has 2 aliphatic rings. The number of nitrogen functional groups attached to an aromatic ring is 1. The zero-order valence-electron chi connectivity index (χ0n) is 14.4. The molecule has 134 valence electrons. The van der Waals surface area contributed by atoms with E-state index in [0.717, 1.165) is 11.1 Å². The van der Waals surface area contributed by atoms with E-state index in [1.807, 2.05) is 12.1 Å². The second-order valence-corrected chi connectivity index (χ2v) is 6.79. The van der Waals surface area contributed by atoms with Crippen LogP contribution in [0.15, 0.2) is 36.7 Å². The van der Waals surface area contributed by atoms with Crippen LogP contribution in [0.3, 0.4) is 0 Å². The Morgan fingerprint density at radius 3 is 2.46 bits per heavy atom. The van der Waals surface area contributed by atoms with Crippen LogP contribution in [0.2, 0.25) is 0 Å². The van der Waals surface area contributed by atoms with Crippen LogP contribution in [0.1, 0.15) is 16.8 Å². The fourth-order valence-electron chi connectivity index (χ4n) is 3.50. The van der Waals surface area contributed by atoms with Crippen molar-refractivity contribution in [3.8, 4) is 11.1 Å². The van der Waals surface area contributed by atoms with Crippen LogP contribution < -0.4 is 5.73 Å². The maximum Gasteiger partial charge on any atom is 0.410 e. The molecule has 8 nitrogen and oxygen atoms in total. The molecule has 2 N–H and O–H groups in total. The third-order valence-corrected chi connectivity index (χ3v) is 4.88. The van der Waals surface area contributed by atoms with Gasteiger partial charge in [0.15, 0.2) is 5.60 Å². The molecule has 8 heteroatoms. The van der Waals surface area contributed by atoms with Crippen LogP contribution in [-0.4, -0.2) is 64.1 Å². The van der Waals surface area contributed by atoms with Gasteiger partial charge in [0.25, 0.3) is 5.91 Å². The molecule has 0 aliphatic carbocycles. The van der Waals surface area contributed by atoms with Gasteiger partial charge in [0.2, 0.25) is 5.95 Å². The molecule has 1 aromatic carbocycles. The van der Waals surface area contributed by atoms with Crippen molar-refractivity contribution in [3.05, 3.63) is 42.2 Å². The number of hydrogen-bond acceptors (Lipinski definition) is 6. The monoisotopic (exact) mass is 353 g/mol. The molecule has 1 spiro atoms. The lowest BCUT2D eigenvalue weighted by Gasteiger charge is -2.21. The molecule has 0 bridgehead atoms. The molecule has 2 amide bonds. The third kappa shape index (κ3) is 2.83. The van der Waals surface area contributed by atoms with Crippen molar-refractivity contribution in [2.75, 3.05) is 32.4 Å². The molecular formula is C18H19N5O3. The lowest BCUT2D eigenvalue weighted by Crippen LogP contribution is -2.39. The Morgan fingerprint density at radius 1 is 1.15 bits per heavy atom. The smallest absolute Gasteiger partial charge is 0.410 e. The van der Waals surface area contributed by atoms with Crippen LogP contribution in [0.25, 0.3) is 11.1 Å². The van der Waals surface area contributed by atoms with Crippen molar-refractivity contribution < 1.29 is 14.3 Å². The molecule has 2 aliphatic heterocycles. The molecule has 26 heavy (non-hydrogen) atoms. The number of carbonyl (C=O) groups is 2. The van der Waals surface area contributed by atoms with Crippen molar-refractivity contribution in [2.24, 2.45) is 0 Å². The van der Waals surface area contributed by atoms with E-state index in [0.29, 0.717) is 31.6 Å². The fourth-order valence-corrected chi connectivity index (χ4v) is 3.50. The van der Waals surface area contributed by atoms with E-state index in [-0.39, 0.29) is 17.9 Å². The highest BCUT2D eigenvalue weighted by Crippen LogP contribution is 2.32. The van der Waals surface area contributed by atoms with Crippen LogP contribution in [0.5, 0.6) is 0 Å². The van der Waals surface area contributed by atoms with Gasteiger partial charge in [0.1, 0.15) is 0 Å². The van der Waals surface area contributed by atoms with Crippen LogP contribution >= 0.6 is 0 Å². The Morgan fingerprint density at radius 2 is 1.85 bits per heavy atom. The molecule has 2 aromatic rings. The molecule has 0 saturated carbocycles. The van der Waals surface area contributed by atoms with Crippen LogP contribution in [0.4, 0.5) is 10.7 Å². The van der Waals surface area contributed by atoms with E-state index < -0.39 is 5.60 Å². The zero-order chi connectivity index (χ0) is 18.3. The van der Waals surface area contributed by atoms with Gasteiger partial charge in [-0.2, -0.15) is 0 Å². The fraction of sp³-hybridized carbons (Fsp3) is 0.333. The quantitative estimate of drug-likeness (QED) is 0.875. The summed E-state index contributed by atoms with van der Waals surface area (Å²) >= 11 is 0. The van der Waals surface area contributed by atoms with Gasteiger partial charge in [0.05, 0.1) is 13.1 Å². The summed E-state index contributed by atoms with van der Waals surface area (Å²) in [7, 11) is 1.71. The van der Waals surface area contributed by atoms with Crippen molar-refractivity contribution in [1.82, 2.24) is 19.8 Å². The minimum Gasteiger partial charge on any atom is -0.439 e. The van der Waals surface area contributed by atoms with Crippen molar-refractivity contribution in [2.45, 2.75) is 12.0 Å². The summed E-state index contributed by atoms with van der Waals surface area (Å²) < 4.78 is 5.49. The lowest BCUT2D eigenvalue weighted by molar-refractivity contribution is 0.0553. The van der Waals surface area contributed by atoms with Crippen LogP contribution in [-0.2, 0) is 4.74 Å². The molecular weight excluding hydrogens is 334 g/mol.